The Morgan fingerprint density at radius 3 is 2.88 bits per heavy atom. The summed E-state index contributed by atoms with van der Waals surface area (Å²) in [5.41, 5.74) is 0.179. The maximum atomic E-state index is 11.5. The molecule has 5 heteroatoms. The number of aliphatic hydroxyl groups excluding tert-OH is 1. The van der Waals surface area contributed by atoms with E-state index in [0.29, 0.717) is 13.2 Å². The summed E-state index contributed by atoms with van der Waals surface area (Å²) in [4.78, 5) is 11.5. The molecule has 2 aliphatic rings. The SMILES string of the molecule is O=C(NCC1(CCO)CC1)NC1CCOC1. The van der Waals surface area contributed by atoms with Crippen molar-refractivity contribution in [2.75, 3.05) is 26.4 Å². The molecule has 0 aromatic rings. The van der Waals surface area contributed by atoms with Crippen molar-refractivity contribution in [1.82, 2.24) is 10.6 Å². The highest BCUT2D eigenvalue weighted by Gasteiger charge is 2.41. The molecule has 0 aromatic heterocycles. The van der Waals surface area contributed by atoms with Crippen molar-refractivity contribution in [2.45, 2.75) is 31.7 Å². The van der Waals surface area contributed by atoms with Gasteiger partial charge in [-0.25, -0.2) is 4.79 Å². The van der Waals surface area contributed by atoms with Crippen molar-refractivity contribution < 1.29 is 14.6 Å². The monoisotopic (exact) mass is 228 g/mol. The molecule has 16 heavy (non-hydrogen) atoms. The van der Waals surface area contributed by atoms with Crippen LogP contribution in [0.5, 0.6) is 0 Å². The van der Waals surface area contributed by atoms with Crippen molar-refractivity contribution in [3.8, 4) is 0 Å². The third-order valence-electron chi connectivity index (χ3n) is 3.49. The van der Waals surface area contributed by atoms with Crippen LogP contribution in [-0.2, 0) is 4.74 Å². The number of aliphatic hydroxyl groups is 1. The zero-order chi connectivity index (χ0) is 11.4. The molecule has 5 nitrogen and oxygen atoms in total. The summed E-state index contributed by atoms with van der Waals surface area (Å²) in [6.45, 7) is 2.24. The van der Waals surface area contributed by atoms with Crippen molar-refractivity contribution in [2.24, 2.45) is 5.41 Å². The molecule has 0 radical (unpaired) electrons. The predicted molar refractivity (Wildman–Crippen MR) is 59.1 cm³/mol. The first-order valence-corrected chi connectivity index (χ1v) is 5.97. The number of hydrogen-bond donors (Lipinski definition) is 3. The number of amides is 2. The standard InChI is InChI=1S/C11H20N2O3/c14-5-4-11(2-3-11)8-12-10(15)13-9-1-6-16-7-9/h9,14H,1-8H2,(H2,12,13,15). The van der Waals surface area contributed by atoms with Gasteiger partial charge in [-0.05, 0) is 31.1 Å². The smallest absolute Gasteiger partial charge is 0.315 e. The van der Waals surface area contributed by atoms with E-state index in [1.54, 1.807) is 0 Å². The summed E-state index contributed by atoms with van der Waals surface area (Å²) in [6.07, 6.45) is 3.91. The number of carbonyl (C=O) groups is 1. The second kappa shape index (κ2) is 5.01. The van der Waals surface area contributed by atoms with Crippen molar-refractivity contribution in [3.05, 3.63) is 0 Å². The van der Waals surface area contributed by atoms with E-state index in [9.17, 15) is 4.79 Å². The molecule has 1 unspecified atom stereocenters. The number of ether oxygens (including phenoxy) is 1. The summed E-state index contributed by atoms with van der Waals surface area (Å²) >= 11 is 0. The van der Waals surface area contributed by atoms with Crippen molar-refractivity contribution >= 4 is 6.03 Å². The Morgan fingerprint density at radius 2 is 2.31 bits per heavy atom. The van der Waals surface area contributed by atoms with Gasteiger partial charge in [0.15, 0.2) is 0 Å². The molecule has 2 rings (SSSR count). The third-order valence-corrected chi connectivity index (χ3v) is 3.49. The van der Waals surface area contributed by atoms with Crippen LogP contribution in [0.25, 0.3) is 0 Å². The fraction of sp³-hybridized carbons (Fsp3) is 0.909. The molecule has 1 saturated carbocycles. The van der Waals surface area contributed by atoms with Gasteiger partial charge in [0.05, 0.1) is 12.6 Å². The molecule has 0 aromatic carbocycles. The summed E-state index contributed by atoms with van der Waals surface area (Å²) in [5, 5.41) is 14.7. The summed E-state index contributed by atoms with van der Waals surface area (Å²) in [6, 6.07) is 0.0488. The number of hydrogen-bond acceptors (Lipinski definition) is 3. The largest absolute Gasteiger partial charge is 0.396 e. The molecule has 2 fully saturated rings. The topological polar surface area (TPSA) is 70.6 Å². The average molecular weight is 228 g/mol. The number of urea groups is 1. The molecule has 1 aliphatic carbocycles. The zero-order valence-corrected chi connectivity index (χ0v) is 9.50. The predicted octanol–water partition coefficient (Wildman–Crippen LogP) is 0.237. The van der Waals surface area contributed by atoms with Crippen LogP contribution < -0.4 is 10.6 Å². The molecule has 1 heterocycles. The molecule has 1 saturated heterocycles. The van der Waals surface area contributed by atoms with Gasteiger partial charge in [0, 0.05) is 19.8 Å². The van der Waals surface area contributed by atoms with E-state index in [0.717, 1.165) is 32.3 Å². The molecule has 2 amide bonds. The summed E-state index contributed by atoms with van der Waals surface area (Å²) < 4.78 is 5.18. The van der Waals surface area contributed by atoms with Crippen LogP contribution in [0.3, 0.4) is 0 Å². The fourth-order valence-corrected chi connectivity index (χ4v) is 2.08. The Morgan fingerprint density at radius 1 is 1.50 bits per heavy atom. The normalized spacial score (nSPS) is 26.4. The fourth-order valence-electron chi connectivity index (χ4n) is 2.08. The molecule has 1 aliphatic heterocycles. The lowest BCUT2D eigenvalue weighted by atomic mass is 10.0. The van der Waals surface area contributed by atoms with Crippen LogP contribution in [0, 0.1) is 5.41 Å². The van der Waals surface area contributed by atoms with Gasteiger partial charge < -0.3 is 20.5 Å². The minimum absolute atomic E-state index is 0.111. The van der Waals surface area contributed by atoms with Gasteiger partial charge in [-0.2, -0.15) is 0 Å². The summed E-state index contributed by atoms with van der Waals surface area (Å²) in [7, 11) is 0. The van der Waals surface area contributed by atoms with E-state index >= 15 is 0 Å². The number of nitrogens with one attached hydrogen (secondary N) is 2. The van der Waals surface area contributed by atoms with Gasteiger partial charge in [-0.15, -0.1) is 0 Å². The van der Waals surface area contributed by atoms with E-state index in [1.807, 2.05) is 0 Å². The van der Waals surface area contributed by atoms with Crippen LogP contribution in [0.1, 0.15) is 25.7 Å². The molecule has 92 valence electrons. The Kier molecular flexibility index (Phi) is 3.66. The molecular weight excluding hydrogens is 208 g/mol. The highest BCUT2D eigenvalue weighted by atomic mass is 16.5. The second-order valence-corrected chi connectivity index (χ2v) is 4.86. The molecule has 0 spiro atoms. The second-order valence-electron chi connectivity index (χ2n) is 4.86. The van der Waals surface area contributed by atoms with Gasteiger partial charge >= 0.3 is 6.03 Å². The van der Waals surface area contributed by atoms with E-state index in [-0.39, 0.29) is 24.1 Å². The molecule has 0 bridgehead atoms. The molecular formula is C11H20N2O3. The van der Waals surface area contributed by atoms with Crippen LogP contribution in [0.15, 0.2) is 0 Å². The highest BCUT2D eigenvalue weighted by molar-refractivity contribution is 5.74. The quantitative estimate of drug-likeness (QED) is 0.631. The average Bonchev–Trinajstić information content (AvgIpc) is 2.83. The zero-order valence-electron chi connectivity index (χ0n) is 9.50. The lowest BCUT2D eigenvalue weighted by Crippen LogP contribution is -2.44. The van der Waals surface area contributed by atoms with E-state index < -0.39 is 0 Å². The molecule has 1 atom stereocenters. The van der Waals surface area contributed by atoms with Crippen molar-refractivity contribution in [1.29, 1.82) is 0 Å². The van der Waals surface area contributed by atoms with Crippen LogP contribution in [0.2, 0.25) is 0 Å². The molecule has 3 N–H and O–H groups in total. The van der Waals surface area contributed by atoms with Crippen LogP contribution >= 0.6 is 0 Å². The van der Waals surface area contributed by atoms with Gasteiger partial charge in [0.25, 0.3) is 0 Å². The van der Waals surface area contributed by atoms with Crippen LogP contribution in [-0.4, -0.2) is 43.5 Å². The van der Waals surface area contributed by atoms with Gasteiger partial charge in [-0.3, -0.25) is 0 Å². The minimum atomic E-state index is -0.111. The first-order chi connectivity index (χ1) is 7.74. The number of carbonyl (C=O) groups excluding carboxylic acids is 1. The van der Waals surface area contributed by atoms with Crippen LogP contribution in [0.4, 0.5) is 4.79 Å². The Balaban J connectivity index is 1.63. The van der Waals surface area contributed by atoms with E-state index in [4.69, 9.17) is 9.84 Å². The Hall–Kier alpha value is -0.810. The maximum Gasteiger partial charge on any atom is 0.315 e. The minimum Gasteiger partial charge on any atom is -0.396 e. The van der Waals surface area contributed by atoms with Gasteiger partial charge in [0.2, 0.25) is 0 Å². The van der Waals surface area contributed by atoms with Gasteiger partial charge in [-0.1, -0.05) is 0 Å². The first kappa shape index (κ1) is 11.7. The lowest BCUT2D eigenvalue weighted by molar-refractivity contribution is 0.188. The van der Waals surface area contributed by atoms with Gasteiger partial charge in [0.1, 0.15) is 0 Å². The Bertz CT molecular complexity index is 248. The maximum absolute atomic E-state index is 11.5. The van der Waals surface area contributed by atoms with Crippen molar-refractivity contribution in [3.63, 3.8) is 0 Å². The number of rotatable bonds is 5. The first-order valence-electron chi connectivity index (χ1n) is 5.97. The van der Waals surface area contributed by atoms with E-state index in [2.05, 4.69) is 10.6 Å². The highest BCUT2D eigenvalue weighted by Crippen LogP contribution is 2.47. The summed E-state index contributed by atoms with van der Waals surface area (Å²) in [5.74, 6) is 0. The Labute approximate surface area is 95.5 Å². The third kappa shape index (κ3) is 3.09. The lowest BCUT2D eigenvalue weighted by Gasteiger charge is -2.16. The van der Waals surface area contributed by atoms with E-state index in [1.165, 1.54) is 0 Å².